The van der Waals surface area contributed by atoms with Crippen molar-refractivity contribution in [2.75, 3.05) is 0 Å². The van der Waals surface area contributed by atoms with E-state index in [0.29, 0.717) is 28.2 Å². The van der Waals surface area contributed by atoms with Gasteiger partial charge in [-0.1, -0.05) is 0 Å². The Kier molecular flexibility index (Phi) is 4.24. The molecule has 1 atom stereocenters. The number of fused-ring (bicyclic) bond motifs is 1. The van der Waals surface area contributed by atoms with Crippen LogP contribution in [0.3, 0.4) is 0 Å². The fourth-order valence-corrected chi connectivity index (χ4v) is 2.60. The Bertz CT molecular complexity index is 728. The van der Waals surface area contributed by atoms with Crippen molar-refractivity contribution in [2.24, 2.45) is 5.73 Å². The highest BCUT2D eigenvalue weighted by Gasteiger charge is 2.38. The third-order valence-corrected chi connectivity index (χ3v) is 3.49. The molecule has 23 heavy (non-hydrogen) atoms. The summed E-state index contributed by atoms with van der Waals surface area (Å²) in [6.45, 7) is 0.159. The monoisotopic (exact) mass is 315 g/mol. The lowest BCUT2D eigenvalue weighted by Crippen LogP contribution is -2.28. The summed E-state index contributed by atoms with van der Waals surface area (Å²) in [7, 11) is -1.22. The number of hydrogen-bond acceptors (Lipinski definition) is 7. The minimum atomic E-state index is -1.22. The Labute approximate surface area is 132 Å². The highest BCUT2D eigenvalue weighted by atomic mass is 16.5. The van der Waals surface area contributed by atoms with Crippen LogP contribution in [0.5, 0.6) is 11.6 Å². The van der Waals surface area contributed by atoms with Crippen molar-refractivity contribution in [1.82, 2.24) is 9.97 Å². The maximum absolute atomic E-state index is 10.9. The molecular formula is C14H14BN3O5. The van der Waals surface area contributed by atoms with Gasteiger partial charge in [0.1, 0.15) is 5.75 Å². The second kappa shape index (κ2) is 6.33. The Morgan fingerprint density at radius 1 is 1.43 bits per heavy atom. The maximum atomic E-state index is 10.9. The van der Waals surface area contributed by atoms with Gasteiger partial charge < -0.3 is 25.3 Å². The quantitative estimate of drug-likeness (QED) is 0.656. The molecule has 1 aliphatic rings. The molecule has 2 heterocycles. The highest BCUT2D eigenvalue weighted by Crippen LogP contribution is 2.33. The minimum absolute atomic E-state index is 0.159. The fraction of sp³-hybridized carbons (Fsp3) is 0.214. The first kappa shape index (κ1) is 15.4. The van der Waals surface area contributed by atoms with Gasteiger partial charge in [0, 0.05) is 18.9 Å². The summed E-state index contributed by atoms with van der Waals surface area (Å²) in [6.07, 6.45) is 3.49. The summed E-state index contributed by atoms with van der Waals surface area (Å²) in [6, 6.07) is 3.28. The molecule has 0 bridgehead atoms. The van der Waals surface area contributed by atoms with E-state index in [4.69, 9.17) is 20.2 Å². The van der Waals surface area contributed by atoms with Crippen LogP contribution in [0.2, 0.25) is 0 Å². The zero-order valence-electron chi connectivity index (χ0n) is 12.0. The summed E-state index contributed by atoms with van der Waals surface area (Å²) >= 11 is 0. The van der Waals surface area contributed by atoms with Crippen molar-refractivity contribution in [1.29, 1.82) is 0 Å². The molecular weight excluding hydrogens is 301 g/mol. The summed E-state index contributed by atoms with van der Waals surface area (Å²) < 4.78 is 10.9. The second-order valence-electron chi connectivity index (χ2n) is 5.01. The number of carboxylic acid groups (broad SMARTS) is 1. The van der Waals surface area contributed by atoms with Crippen LogP contribution in [-0.4, -0.2) is 33.2 Å². The van der Waals surface area contributed by atoms with Crippen molar-refractivity contribution >= 4 is 18.6 Å². The van der Waals surface area contributed by atoms with E-state index in [1.54, 1.807) is 12.1 Å². The molecule has 0 aliphatic carbocycles. The molecule has 118 valence electrons. The van der Waals surface area contributed by atoms with Crippen LogP contribution in [0.25, 0.3) is 0 Å². The van der Waals surface area contributed by atoms with E-state index in [-0.39, 0.29) is 13.0 Å². The van der Waals surface area contributed by atoms with Gasteiger partial charge in [-0.25, -0.2) is 4.98 Å². The summed E-state index contributed by atoms with van der Waals surface area (Å²) in [5.74, 6) is -0.299. The first-order valence-corrected chi connectivity index (χ1v) is 6.94. The maximum Gasteiger partial charge on any atom is 0.492 e. The van der Waals surface area contributed by atoms with Gasteiger partial charge in [-0.15, -0.1) is 0 Å². The number of nitrogens with zero attached hydrogens (tertiary/aromatic N) is 2. The highest BCUT2D eigenvalue weighted by molar-refractivity contribution is 6.62. The van der Waals surface area contributed by atoms with E-state index in [2.05, 4.69) is 9.97 Å². The van der Waals surface area contributed by atoms with Crippen LogP contribution in [0.4, 0.5) is 0 Å². The largest absolute Gasteiger partial charge is 0.492 e. The molecule has 3 rings (SSSR count). The Balaban J connectivity index is 1.97. The number of carbonyl (C=O) groups is 1. The van der Waals surface area contributed by atoms with E-state index in [9.17, 15) is 9.82 Å². The number of aromatic nitrogens is 2. The van der Waals surface area contributed by atoms with Crippen molar-refractivity contribution in [3.8, 4) is 11.6 Å². The lowest BCUT2D eigenvalue weighted by molar-refractivity contribution is -0.138. The fourth-order valence-electron chi connectivity index (χ4n) is 2.60. The van der Waals surface area contributed by atoms with Gasteiger partial charge in [0.2, 0.25) is 5.88 Å². The third-order valence-electron chi connectivity index (χ3n) is 3.49. The molecule has 0 radical (unpaired) electrons. The van der Waals surface area contributed by atoms with Gasteiger partial charge >= 0.3 is 13.1 Å². The van der Waals surface area contributed by atoms with Crippen molar-refractivity contribution in [2.45, 2.75) is 19.1 Å². The van der Waals surface area contributed by atoms with E-state index in [1.165, 1.54) is 18.6 Å². The molecule has 1 aromatic heterocycles. The van der Waals surface area contributed by atoms with Crippen LogP contribution >= 0.6 is 0 Å². The lowest BCUT2D eigenvalue weighted by atomic mass is 9.77. The van der Waals surface area contributed by atoms with Crippen LogP contribution < -0.4 is 15.9 Å². The zero-order valence-corrected chi connectivity index (χ0v) is 12.0. The van der Waals surface area contributed by atoms with E-state index < -0.39 is 19.2 Å². The number of aliphatic carboxylic acids is 1. The van der Waals surface area contributed by atoms with Crippen LogP contribution in [0.15, 0.2) is 30.7 Å². The van der Waals surface area contributed by atoms with E-state index in [0.717, 1.165) is 0 Å². The molecule has 1 aromatic carbocycles. The van der Waals surface area contributed by atoms with Crippen molar-refractivity contribution < 1.29 is 24.3 Å². The average Bonchev–Trinajstić information content (AvgIpc) is 2.83. The van der Waals surface area contributed by atoms with Crippen LogP contribution in [0.1, 0.15) is 23.7 Å². The number of carboxylic acids is 1. The van der Waals surface area contributed by atoms with Gasteiger partial charge in [0.15, 0.2) is 0 Å². The predicted molar refractivity (Wildman–Crippen MR) is 80.1 cm³/mol. The first-order chi connectivity index (χ1) is 11.1. The van der Waals surface area contributed by atoms with Gasteiger partial charge in [-0.3, -0.25) is 9.78 Å². The van der Waals surface area contributed by atoms with Gasteiger partial charge in [-0.2, -0.15) is 0 Å². The number of ether oxygens (including phenoxy) is 1. The molecule has 2 aromatic rings. The second-order valence-corrected chi connectivity index (χ2v) is 5.01. The third kappa shape index (κ3) is 3.16. The predicted octanol–water partition coefficient (Wildman–Crippen LogP) is -0.0389. The molecule has 9 heteroatoms. The Morgan fingerprint density at radius 3 is 2.91 bits per heavy atom. The average molecular weight is 315 g/mol. The zero-order chi connectivity index (χ0) is 16.4. The molecule has 0 saturated heterocycles. The van der Waals surface area contributed by atoms with Crippen molar-refractivity contribution in [3.05, 3.63) is 41.9 Å². The minimum Gasteiger partial charge on any atom is -0.481 e. The standard InChI is InChI=1S/C14H14BN3O5/c16-6-8-3-9(22-12-7-17-1-2-18-12)4-10-14(8)11(5-13(19)20)23-15(10)21/h1-4,7,11,21H,5-6,16H2,(H,19,20). The van der Waals surface area contributed by atoms with E-state index in [1.807, 2.05) is 0 Å². The summed E-state index contributed by atoms with van der Waals surface area (Å²) in [4.78, 5) is 18.9. The number of benzene rings is 1. The molecule has 8 nitrogen and oxygen atoms in total. The molecule has 0 fully saturated rings. The van der Waals surface area contributed by atoms with Crippen LogP contribution in [0, 0.1) is 0 Å². The Morgan fingerprint density at radius 2 is 2.26 bits per heavy atom. The lowest BCUT2D eigenvalue weighted by Gasteiger charge is -2.14. The summed E-state index contributed by atoms with van der Waals surface area (Å²) in [5, 5.41) is 19.0. The molecule has 0 amide bonds. The Hall–Kier alpha value is -2.49. The normalized spacial score (nSPS) is 16.3. The molecule has 4 N–H and O–H groups in total. The smallest absolute Gasteiger partial charge is 0.481 e. The van der Waals surface area contributed by atoms with Gasteiger partial charge in [-0.05, 0) is 28.7 Å². The molecule has 1 aliphatic heterocycles. The number of nitrogens with two attached hydrogens (primary N) is 1. The topological polar surface area (TPSA) is 128 Å². The van der Waals surface area contributed by atoms with Gasteiger partial charge in [0.25, 0.3) is 0 Å². The molecule has 0 spiro atoms. The molecule has 1 unspecified atom stereocenters. The van der Waals surface area contributed by atoms with Crippen molar-refractivity contribution in [3.63, 3.8) is 0 Å². The number of rotatable bonds is 5. The molecule has 0 saturated carbocycles. The van der Waals surface area contributed by atoms with Gasteiger partial charge in [0.05, 0.1) is 18.7 Å². The summed E-state index contributed by atoms with van der Waals surface area (Å²) in [5.41, 5.74) is 7.47. The van der Waals surface area contributed by atoms with E-state index >= 15 is 0 Å². The number of hydrogen-bond donors (Lipinski definition) is 3. The first-order valence-electron chi connectivity index (χ1n) is 6.94. The SMILES string of the molecule is NCc1cc(Oc2cnccn2)cc2c1C(CC(=O)O)OB2O. The van der Waals surface area contributed by atoms with Crippen LogP contribution in [-0.2, 0) is 16.0 Å².